The molecule has 0 amide bonds. The third kappa shape index (κ3) is 4.01. The molecule has 1 N–H and O–H groups in total. The lowest BCUT2D eigenvalue weighted by molar-refractivity contribution is -0.134. The summed E-state index contributed by atoms with van der Waals surface area (Å²) in [5.41, 5.74) is -1.08. The van der Waals surface area contributed by atoms with Crippen LogP contribution in [0.25, 0.3) is 0 Å². The maximum absolute atomic E-state index is 13.4. The van der Waals surface area contributed by atoms with Gasteiger partial charge in [0.2, 0.25) is 0 Å². The first-order valence-electron chi connectivity index (χ1n) is 12.7. The van der Waals surface area contributed by atoms with E-state index in [-0.39, 0.29) is 28.6 Å². The Morgan fingerprint density at radius 2 is 1.88 bits per heavy atom. The number of aliphatic hydroxyl groups is 1. The molecule has 0 saturated heterocycles. The highest BCUT2D eigenvalue weighted by molar-refractivity contribution is 7.90. The van der Waals surface area contributed by atoms with Crippen molar-refractivity contribution in [3.8, 4) is 0 Å². The van der Waals surface area contributed by atoms with E-state index in [2.05, 4.69) is 6.92 Å². The second-order valence-electron chi connectivity index (χ2n) is 12.0. The third-order valence-corrected chi connectivity index (χ3v) is 11.3. The van der Waals surface area contributed by atoms with Crippen LogP contribution in [0.4, 0.5) is 4.39 Å². The van der Waals surface area contributed by atoms with Crippen molar-refractivity contribution < 1.29 is 22.7 Å². The number of hydrogen-bond donors (Lipinski definition) is 1. The van der Waals surface area contributed by atoms with Crippen LogP contribution in [0.15, 0.2) is 23.4 Å². The van der Waals surface area contributed by atoms with Crippen molar-refractivity contribution in [2.75, 3.05) is 12.9 Å². The van der Waals surface area contributed by atoms with Crippen molar-refractivity contribution in [3.63, 3.8) is 0 Å². The van der Waals surface area contributed by atoms with Crippen LogP contribution in [0.3, 0.4) is 0 Å². The van der Waals surface area contributed by atoms with Gasteiger partial charge in [-0.3, -0.25) is 4.79 Å². The molecule has 8 atom stereocenters. The highest BCUT2D eigenvalue weighted by Crippen LogP contribution is 2.64. The number of hydrogen-bond acceptors (Lipinski definition) is 4. The van der Waals surface area contributed by atoms with E-state index in [1.54, 1.807) is 23.0 Å². The van der Waals surface area contributed by atoms with Crippen LogP contribution in [-0.2, 0) is 21.2 Å². The molecule has 33 heavy (non-hydrogen) atoms. The number of nitrogens with zero attached hydrogens (tertiary/aromatic N) is 1. The average molecular weight is 480 g/mol. The molecule has 5 rings (SSSR count). The molecule has 1 heterocycles. The molecule has 0 radical (unpaired) electrons. The van der Waals surface area contributed by atoms with Crippen LogP contribution in [0.2, 0.25) is 0 Å². The zero-order valence-electron chi connectivity index (χ0n) is 19.9. The van der Waals surface area contributed by atoms with Crippen molar-refractivity contribution in [3.05, 3.63) is 18.5 Å². The summed E-state index contributed by atoms with van der Waals surface area (Å²) in [6, 6.07) is 1.57. The first kappa shape index (κ1) is 23.5. The maximum atomic E-state index is 13.4. The first-order valence-corrected chi connectivity index (χ1v) is 14.6. The Balaban J connectivity index is 1.29. The van der Waals surface area contributed by atoms with Gasteiger partial charge in [-0.05, 0) is 98.9 Å². The summed E-state index contributed by atoms with van der Waals surface area (Å²) in [4.78, 5) is 13.7. The van der Waals surface area contributed by atoms with Gasteiger partial charge in [0.1, 0.15) is 6.67 Å². The molecular formula is C26H38FNO4S. The summed E-state index contributed by atoms with van der Waals surface area (Å²) in [6.45, 7) is 1.95. The van der Waals surface area contributed by atoms with Crippen LogP contribution >= 0.6 is 0 Å². The molecule has 4 fully saturated rings. The lowest BCUT2D eigenvalue weighted by atomic mass is 9.49. The van der Waals surface area contributed by atoms with Gasteiger partial charge in [0.25, 0.3) is 0 Å². The van der Waals surface area contributed by atoms with Crippen LogP contribution < -0.4 is 0 Å². The summed E-state index contributed by atoms with van der Waals surface area (Å²) in [5.74, 6) is 3.17. The second kappa shape index (κ2) is 8.18. The number of carbonyl (C=O) groups is 1. The third-order valence-electron chi connectivity index (χ3n) is 10.2. The number of alkyl halides is 1. The fraction of sp³-hybridized carbons (Fsp3) is 0.808. The minimum absolute atomic E-state index is 0.0201. The van der Waals surface area contributed by atoms with Crippen molar-refractivity contribution >= 4 is 15.6 Å². The first-order chi connectivity index (χ1) is 15.5. The Bertz CT molecular complexity index is 1020. The maximum Gasteiger partial charge on any atom is 0.177 e. The number of rotatable bonds is 5. The standard InChI is InChI=1S/C26H38FNO4S/c1-25-10-7-20-19-8-11-26(30,16-27)13-17(19)3-4-21(20)22(25)5-6-23(25)24(29)15-28-12-9-18(14-28)33(2,31)32/h9,12,14,17,19-23,30H,3-8,10-11,13,15-16H2,1-2H3/t17-,19+,20-,21-,22+,23-,25+,26-/m1/s1. The van der Waals surface area contributed by atoms with Crippen LogP contribution in [0.1, 0.15) is 64.7 Å². The molecule has 0 bridgehead atoms. The number of halogens is 1. The van der Waals surface area contributed by atoms with E-state index in [1.165, 1.54) is 6.26 Å². The molecule has 1 aromatic heterocycles. The SMILES string of the molecule is C[C@]12CC[C@H]3[C@@H](CC[C@@H]4C[C@@](O)(CF)CC[C@@H]43)[C@@H]1CC[C@@H]2C(=O)Cn1ccc(S(C)(=O)=O)c1. The topological polar surface area (TPSA) is 76.4 Å². The summed E-state index contributed by atoms with van der Waals surface area (Å²) >= 11 is 0. The van der Waals surface area contributed by atoms with Gasteiger partial charge in [0.15, 0.2) is 15.6 Å². The molecule has 0 aromatic carbocycles. The quantitative estimate of drug-likeness (QED) is 0.678. The van der Waals surface area contributed by atoms with Gasteiger partial charge in [-0.2, -0.15) is 0 Å². The minimum Gasteiger partial charge on any atom is -0.387 e. The van der Waals surface area contributed by atoms with Gasteiger partial charge >= 0.3 is 0 Å². The van der Waals surface area contributed by atoms with E-state index in [0.717, 1.165) is 44.9 Å². The van der Waals surface area contributed by atoms with E-state index in [9.17, 15) is 22.7 Å². The predicted molar refractivity (Wildman–Crippen MR) is 124 cm³/mol. The van der Waals surface area contributed by atoms with Crippen molar-refractivity contribution in [2.24, 2.45) is 40.9 Å². The molecule has 4 aliphatic rings. The van der Waals surface area contributed by atoms with E-state index in [0.29, 0.717) is 42.4 Å². The van der Waals surface area contributed by atoms with Gasteiger partial charge in [-0.1, -0.05) is 6.92 Å². The fourth-order valence-corrected chi connectivity index (χ4v) is 9.27. The Kier molecular flexibility index (Phi) is 5.83. The van der Waals surface area contributed by atoms with E-state index < -0.39 is 22.1 Å². The lowest BCUT2D eigenvalue weighted by Crippen LogP contribution is -2.52. The average Bonchev–Trinajstić information content (AvgIpc) is 3.37. The molecule has 7 heteroatoms. The molecule has 5 nitrogen and oxygen atoms in total. The number of ketones is 1. The van der Waals surface area contributed by atoms with Gasteiger partial charge < -0.3 is 9.67 Å². The lowest BCUT2D eigenvalue weighted by Gasteiger charge is -2.57. The van der Waals surface area contributed by atoms with Crippen LogP contribution in [0, 0.1) is 40.9 Å². The molecule has 4 saturated carbocycles. The molecule has 0 aliphatic heterocycles. The Morgan fingerprint density at radius 3 is 2.58 bits per heavy atom. The van der Waals surface area contributed by atoms with Crippen molar-refractivity contribution in [2.45, 2.75) is 81.8 Å². The molecule has 4 aliphatic carbocycles. The summed E-state index contributed by atoms with van der Waals surface area (Å²) in [5, 5.41) is 10.5. The zero-order valence-corrected chi connectivity index (χ0v) is 20.7. The van der Waals surface area contributed by atoms with E-state index in [4.69, 9.17) is 0 Å². The van der Waals surface area contributed by atoms with Crippen LogP contribution in [0.5, 0.6) is 0 Å². The highest BCUT2D eigenvalue weighted by atomic mass is 32.2. The van der Waals surface area contributed by atoms with E-state index in [1.807, 2.05) is 0 Å². The second-order valence-corrected chi connectivity index (χ2v) is 14.0. The van der Waals surface area contributed by atoms with Gasteiger partial charge in [0, 0.05) is 24.6 Å². The van der Waals surface area contributed by atoms with Crippen molar-refractivity contribution in [1.82, 2.24) is 4.57 Å². The number of Topliss-reactive ketones (excluding diaryl/α,β-unsaturated/α-hetero) is 1. The largest absolute Gasteiger partial charge is 0.387 e. The monoisotopic (exact) mass is 479 g/mol. The summed E-state index contributed by atoms with van der Waals surface area (Å²) in [6.07, 6.45) is 13.1. The van der Waals surface area contributed by atoms with Gasteiger partial charge in [-0.25, -0.2) is 12.8 Å². The number of fused-ring (bicyclic) bond motifs is 5. The smallest absolute Gasteiger partial charge is 0.177 e. The van der Waals surface area contributed by atoms with Crippen LogP contribution in [-0.4, -0.2) is 42.4 Å². The molecule has 0 unspecified atom stereocenters. The van der Waals surface area contributed by atoms with Crippen molar-refractivity contribution in [1.29, 1.82) is 0 Å². The number of carbonyl (C=O) groups excluding carboxylic acids is 1. The summed E-state index contributed by atoms with van der Waals surface area (Å²) in [7, 11) is -3.27. The molecule has 184 valence electrons. The zero-order chi connectivity index (χ0) is 23.6. The Morgan fingerprint density at radius 1 is 1.12 bits per heavy atom. The summed E-state index contributed by atoms with van der Waals surface area (Å²) < 4.78 is 38.7. The van der Waals surface area contributed by atoms with E-state index >= 15 is 0 Å². The Hall–Kier alpha value is -1.21. The van der Waals surface area contributed by atoms with Gasteiger partial charge in [0.05, 0.1) is 17.0 Å². The molecule has 0 spiro atoms. The molecule has 1 aromatic rings. The fourth-order valence-electron chi connectivity index (χ4n) is 8.64. The minimum atomic E-state index is -3.27. The predicted octanol–water partition coefficient (Wildman–Crippen LogP) is 4.43. The Labute approximate surface area is 197 Å². The molecular weight excluding hydrogens is 441 g/mol. The number of aromatic nitrogens is 1. The van der Waals surface area contributed by atoms with Gasteiger partial charge in [-0.15, -0.1) is 0 Å². The number of sulfone groups is 1. The normalized spacial score (nSPS) is 42.9. The highest BCUT2D eigenvalue weighted by Gasteiger charge is 2.59.